The van der Waals surface area contributed by atoms with Crippen LogP contribution in [0, 0.1) is 0 Å². The van der Waals surface area contributed by atoms with Crippen molar-refractivity contribution in [2.45, 2.75) is 12.4 Å². The number of aromatic nitrogens is 1. The number of carboxylic acid groups (broad SMARTS) is 1. The molecule has 0 saturated carbocycles. The molecule has 170 valence electrons. The van der Waals surface area contributed by atoms with Crippen LogP contribution in [-0.4, -0.2) is 16.1 Å². The molecule has 0 radical (unpaired) electrons. The second kappa shape index (κ2) is 7.91. The van der Waals surface area contributed by atoms with Gasteiger partial charge in [0.15, 0.2) is 5.76 Å². The van der Waals surface area contributed by atoms with Crippen molar-refractivity contribution in [1.29, 1.82) is 0 Å². The molecule has 0 amide bonds. The number of furan rings is 1. The first kappa shape index (κ1) is 22.8. The van der Waals surface area contributed by atoms with Crippen LogP contribution in [-0.2, 0) is 12.4 Å². The second-order valence-electron chi connectivity index (χ2n) is 6.98. The number of hydrogen-bond donors (Lipinski definition) is 1. The molecule has 0 aliphatic heterocycles. The summed E-state index contributed by atoms with van der Waals surface area (Å²) in [7, 11) is 0. The number of alkyl halides is 6. The number of nitrogens with zero attached hydrogens (tertiary/aromatic N) is 1. The van der Waals surface area contributed by atoms with E-state index in [1.165, 1.54) is 18.2 Å². The van der Waals surface area contributed by atoms with Crippen molar-refractivity contribution in [3.63, 3.8) is 0 Å². The van der Waals surface area contributed by atoms with Crippen LogP contribution >= 0.6 is 15.9 Å². The lowest BCUT2D eigenvalue weighted by molar-refractivity contribution is -0.143. The number of pyridine rings is 1. The summed E-state index contributed by atoms with van der Waals surface area (Å²) in [6.45, 7) is 0. The average molecular weight is 530 g/mol. The maximum atomic E-state index is 13.2. The van der Waals surface area contributed by atoms with Crippen LogP contribution in [0.5, 0.6) is 0 Å². The highest BCUT2D eigenvalue weighted by Crippen LogP contribution is 2.39. The average Bonchev–Trinajstić information content (AvgIpc) is 3.21. The van der Waals surface area contributed by atoms with Crippen molar-refractivity contribution >= 4 is 32.8 Å². The predicted octanol–water partition coefficient (Wildman–Crippen LogP) is 7.66. The Morgan fingerprint density at radius 3 is 2.03 bits per heavy atom. The molecule has 0 unspecified atom stereocenters. The fourth-order valence-corrected chi connectivity index (χ4v) is 3.59. The van der Waals surface area contributed by atoms with Crippen molar-refractivity contribution in [3.8, 4) is 22.8 Å². The third kappa shape index (κ3) is 4.58. The zero-order valence-corrected chi connectivity index (χ0v) is 17.6. The summed E-state index contributed by atoms with van der Waals surface area (Å²) in [4.78, 5) is 16.0. The Morgan fingerprint density at radius 2 is 1.45 bits per heavy atom. The maximum absolute atomic E-state index is 13.2. The second-order valence-corrected chi connectivity index (χ2v) is 7.90. The molecule has 0 aliphatic carbocycles. The molecule has 2 aromatic carbocycles. The van der Waals surface area contributed by atoms with Crippen LogP contribution < -0.4 is 0 Å². The SMILES string of the molecule is O=C(O)c1cc(-c2ccc(-c3cc(C(F)(F)F)cc(C(F)(F)F)c3)o2)nc2ccc(Br)cc12. The molecule has 0 saturated heterocycles. The lowest BCUT2D eigenvalue weighted by Gasteiger charge is -2.13. The summed E-state index contributed by atoms with van der Waals surface area (Å²) >= 11 is 3.25. The number of aromatic carboxylic acids is 1. The smallest absolute Gasteiger partial charge is 0.416 e. The minimum absolute atomic E-state index is 0.0233. The number of benzene rings is 2. The van der Waals surface area contributed by atoms with Gasteiger partial charge in [-0.25, -0.2) is 9.78 Å². The van der Waals surface area contributed by atoms with Gasteiger partial charge in [0.2, 0.25) is 0 Å². The zero-order chi connectivity index (χ0) is 24.1. The summed E-state index contributed by atoms with van der Waals surface area (Å²) in [5, 5.41) is 9.89. The molecule has 0 spiro atoms. The number of halogens is 7. The van der Waals surface area contributed by atoms with E-state index in [1.807, 2.05) is 0 Å². The first-order chi connectivity index (χ1) is 15.3. The molecule has 0 aliphatic rings. The van der Waals surface area contributed by atoms with E-state index >= 15 is 0 Å². The van der Waals surface area contributed by atoms with Gasteiger partial charge in [-0.1, -0.05) is 15.9 Å². The first-order valence-electron chi connectivity index (χ1n) is 9.06. The van der Waals surface area contributed by atoms with E-state index in [0.717, 1.165) is 0 Å². The van der Waals surface area contributed by atoms with E-state index in [1.54, 1.807) is 18.2 Å². The maximum Gasteiger partial charge on any atom is 0.416 e. The van der Waals surface area contributed by atoms with Gasteiger partial charge in [0.05, 0.1) is 22.2 Å². The molecule has 33 heavy (non-hydrogen) atoms. The molecule has 1 N–H and O–H groups in total. The summed E-state index contributed by atoms with van der Waals surface area (Å²) in [6.07, 6.45) is -10.0. The summed E-state index contributed by atoms with van der Waals surface area (Å²) in [5.74, 6) is -1.54. The Kier molecular flexibility index (Phi) is 5.47. The summed E-state index contributed by atoms with van der Waals surface area (Å²) in [5.41, 5.74) is -3.14. The molecule has 4 aromatic rings. The Hall–Kier alpha value is -3.34. The van der Waals surface area contributed by atoms with Crippen molar-refractivity contribution in [3.05, 3.63) is 75.8 Å². The fourth-order valence-electron chi connectivity index (χ4n) is 3.23. The van der Waals surface area contributed by atoms with Crippen LogP contribution in [0.2, 0.25) is 0 Å². The Balaban J connectivity index is 1.84. The van der Waals surface area contributed by atoms with E-state index in [2.05, 4.69) is 20.9 Å². The van der Waals surface area contributed by atoms with Crippen molar-refractivity contribution < 1.29 is 40.7 Å². The van der Waals surface area contributed by atoms with Gasteiger partial charge in [0.1, 0.15) is 11.5 Å². The third-order valence-electron chi connectivity index (χ3n) is 4.73. The van der Waals surface area contributed by atoms with E-state index < -0.39 is 35.0 Å². The first-order valence-corrected chi connectivity index (χ1v) is 9.86. The molecule has 4 nitrogen and oxygen atoms in total. The molecule has 2 heterocycles. The molecule has 2 aromatic heterocycles. The largest absolute Gasteiger partial charge is 0.478 e. The van der Waals surface area contributed by atoms with Gasteiger partial charge >= 0.3 is 18.3 Å². The monoisotopic (exact) mass is 529 g/mol. The van der Waals surface area contributed by atoms with E-state index in [0.29, 0.717) is 27.5 Å². The van der Waals surface area contributed by atoms with Gasteiger partial charge in [-0.15, -0.1) is 0 Å². The Bertz CT molecular complexity index is 1360. The van der Waals surface area contributed by atoms with Gasteiger partial charge in [0, 0.05) is 15.4 Å². The van der Waals surface area contributed by atoms with Crippen molar-refractivity contribution in [2.24, 2.45) is 0 Å². The number of carbonyl (C=O) groups is 1. The van der Waals surface area contributed by atoms with Crippen LogP contribution in [0.15, 0.2) is 63.5 Å². The Labute approximate surface area is 189 Å². The fraction of sp³-hybridized carbons (Fsp3) is 0.0909. The van der Waals surface area contributed by atoms with Gasteiger partial charge < -0.3 is 9.52 Å². The molecule has 0 fully saturated rings. The lowest BCUT2D eigenvalue weighted by Crippen LogP contribution is -2.11. The molecule has 0 atom stereocenters. The van der Waals surface area contributed by atoms with E-state index in [9.17, 15) is 36.2 Å². The van der Waals surface area contributed by atoms with Crippen molar-refractivity contribution in [2.75, 3.05) is 0 Å². The van der Waals surface area contributed by atoms with Crippen LogP contribution in [0.25, 0.3) is 33.7 Å². The minimum atomic E-state index is -5.00. The van der Waals surface area contributed by atoms with Gasteiger partial charge in [-0.2, -0.15) is 26.3 Å². The number of rotatable bonds is 3. The van der Waals surface area contributed by atoms with Gasteiger partial charge in [-0.05, 0) is 54.6 Å². The van der Waals surface area contributed by atoms with Crippen LogP contribution in [0.1, 0.15) is 21.5 Å². The number of carboxylic acids is 1. The molecular weight excluding hydrogens is 520 g/mol. The van der Waals surface area contributed by atoms with Crippen LogP contribution in [0.4, 0.5) is 26.3 Å². The lowest BCUT2D eigenvalue weighted by atomic mass is 10.0. The quantitative estimate of drug-likeness (QED) is 0.277. The molecule has 0 bridgehead atoms. The highest BCUT2D eigenvalue weighted by atomic mass is 79.9. The normalized spacial score (nSPS) is 12.3. The molecular formula is C22H10BrF6NO3. The topological polar surface area (TPSA) is 63.3 Å². The summed E-state index contributed by atoms with van der Waals surface area (Å²) < 4.78 is 85.0. The number of hydrogen-bond acceptors (Lipinski definition) is 3. The number of fused-ring (bicyclic) bond motifs is 1. The van der Waals surface area contributed by atoms with E-state index in [4.69, 9.17) is 4.42 Å². The minimum Gasteiger partial charge on any atom is -0.478 e. The van der Waals surface area contributed by atoms with Crippen molar-refractivity contribution in [1.82, 2.24) is 4.98 Å². The standard InChI is InChI=1S/C22H10BrF6NO3/c23-13-1-2-16-14(8-13)15(20(31)32)9-17(30-16)19-4-3-18(33-19)10-5-11(21(24,25)26)7-12(6-10)22(27,28)29/h1-9H,(H,31,32). The molecule has 11 heteroatoms. The molecule has 4 rings (SSSR count). The zero-order valence-electron chi connectivity index (χ0n) is 16.1. The summed E-state index contributed by atoms with van der Waals surface area (Å²) in [6, 6.07) is 9.58. The Morgan fingerprint density at radius 1 is 0.848 bits per heavy atom. The predicted molar refractivity (Wildman–Crippen MR) is 110 cm³/mol. The van der Waals surface area contributed by atoms with Crippen LogP contribution in [0.3, 0.4) is 0 Å². The highest BCUT2D eigenvalue weighted by Gasteiger charge is 2.37. The van der Waals surface area contributed by atoms with Gasteiger partial charge in [0.25, 0.3) is 0 Å². The third-order valence-corrected chi connectivity index (χ3v) is 5.23. The van der Waals surface area contributed by atoms with E-state index in [-0.39, 0.29) is 28.8 Å². The highest BCUT2D eigenvalue weighted by molar-refractivity contribution is 9.10. The van der Waals surface area contributed by atoms with Gasteiger partial charge in [-0.3, -0.25) is 0 Å².